The topological polar surface area (TPSA) is 45.5 Å². The number of furan rings is 1. The molecule has 1 fully saturated rings. The molecule has 0 saturated carbocycles. The van der Waals surface area contributed by atoms with Crippen molar-refractivity contribution in [2.24, 2.45) is 0 Å². The lowest BCUT2D eigenvalue weighted by molar-refractivity contribution is 0.0629. The largest absolute Gasteiger partial charge is 0.459 e. The van der Waals surface area contributed by atoms with E-state index in [2.05, 4.69) is 12.2 Å². The average Bonchev–Trinajstić information content (AvgIpc) is 2.76. The molecule has 0 aromatic carbocycles. The fourth-order valence-corrected chi connectivity index (χ4v) is 2.19. The van der Waals surface area contributed by atoms with Gasteiger partial charge in [-0.15, -0.1) is 0 Å². The summed E-state index contributed by atoms with van der Waals surface area (Å²) < 4.78 is 5.25. The van der Waals surface area contributed by atoms with Crippen molar-refractivity contribution in [2.45, 2.75) is 32.2 Å². The molecule has 1 aliphatic heterocycles. The number of carbonyl (C=O) groups is 1. The highest BCUT2D eigenvalue weighted by Crippen LogP contribution is 2.23. The zero-order chi connectivity index (χ0) is 12.5. The van der Waals surface area contributed by atoms with Crippen molar-refractivity contribution in [1.29, 1.82) is 0 Å². The minimum Gasteiger partial charge on any atom is -0.459 e. The van der Waals surface area contributed by atoms with Gasteiger partial charge in [0.05, 0.1) is 6.26 Å². The molecule has 4 heteroatoms. The Morgan fingerprint density at radius 3 is 2.59 bits per heavy atom. The van der Waals surface area contributed by atoms with Gasteiger partial charge in [0, 0.05) is 24.2 Å². The molecule has 0 atom stereocenters. The van der Waals surface area contributed by atoms with Gasteiger partial charge < -0.3 is 14.6 Å². The number of nitrogens with zero attached hydrogens (tertiary/aromatic N) is 1. The minimum atomic E-state index is 0.0191. The summed E-state index contributed by atoms with van der Waals surface area (Å²) in [6, 6.07) is 1.83. The molecule has 17 heavy (non-hydrogen) atoms. The third kappa shape index (κ3) is 2.36. The van der Waals surface area contributed by atoms with Gasteiger partial charge in [-0.2, -0.15) is 0 Å². The van der Waals surface area contributed by atoms with Crippen LogP contribution in [0.1, 0.15) is 35.9 Å². The Balaban J connectivity index is 2.02. The molecule has 0 aliphatic carbocycles. The van der Waals surface area contributed by atoms with E-state index in [0.29, 0.717) is 5.76 Å². The summed E-state index contributed by atoms with van der Waals surface area (Å²) in [5.74, 6) is 0.503. The number of carbonyl (C=O) groups excluding carboxylic acids is 1. The van der Waals surface area contributed by atoms with E-state index < -0.39 is 0 Å². The Morgan fingerprint density at radius 1 is 1.47 bits per heavy atom. The first-order chi connectivity index (χ1) is 8.06. The highest BCUT2D eigenvalue weighted by atomic mass is 16.3. The maximum absolute atomic E-state index is 12.2. The molecule has 4 nitrogen and oxygen atoms in total. The predicted molar refractivity (Wildman–Crippen MR) is 66.0 cm³/mol. The molecular formula is C13H20N2O2. The lowest BCUT2D eigenvalue weighted by Gasteiger charge is -2.39. The Labute approximate surface area is 102 Å². The van der Waals surface area contributed by atoms with Crippen molar-refractivity contribution < 1.29 is 9.21 Å². The monoisotopic (exact) mass is 236 g/mol. The summed E-state index contributed by atoms with van der Waals surface area (Å²) in [6.45, 7) is 5.68. The number of aryl methyl sites for hydroxylation is 1. The van der Waals surface area contributed by atoms with Crippen LogP contribution in [0.5, 0.6) is 0 Å². The summed E-state index contributed by atoms with van der Waals surface area (Å²) in [6.07, 6.45) is 3.54. The van der Waals surface area contributed by atoms with E-state index >= 15 is 0 Å². The van der Waals surface area contributed by atoms with Crippen LogP contribution in [0.4, 0.5) is 0 Å². The van der Waals surface area contributed by atoms with Gasteiger partial charge in [0.2, 0.25) is 0 Å². The van der Waals surface area contributed by atoms with Crippen molar-refractivity contribution in [3.05, 3.63) is 23.7 Å². The van der Waals surface area contributed by atoms with Crippen LogP contribution in [0.3, 0.4) is 0 Å². The van der Waals surface area contributed by atoms with Crippen molar-refractivity contribution in [3.63, 3.8) is 0 Å². The maximum atomic E-state index is 12.2. The molecule has 1 N–H and O–H groups in total. The van der Waals surface area contributed by atoms with E-state index in [-0.39, 0.29) is 11.4 Å². The van der Waals surface area contributed by atoms with E-state index in [0.717, 1.165) is 31.5 Å². The fraction of sp³-hybridized carbons (Fsp3) is 0.615. The van der Waals surface area contributed by atoms with Crippen molar-refractivity contribution in [1.82, 2.24) is 10.2 Å². The second-order valence-electron chi connectivity index (χ2n) is 5.04. The highest BCUT2D eigenvalue weighted by molar-refractivity contribution is 5.92. The van der Waals surface area contributed by atoms with Crippen LogP contribution >= 0.6 is 0 Å². The molecule has 2 rings (SSSR count). The first-order valence-electron chi connectivity index (χ1n) is 6.08. The first-order valence-corrected chi connectivity index (χ1v) is 6.08. The highest BCUT2D eigenvalue weighted by Gasteiger charge is 2.31. The van der Waals surface area contributed by atoms with E-state index in [1.54, 1.807) is 6.26 Å². The van der Waals surface area contributed by atoms with Crippen LogP contribution in [-0.2, 0) is 0 Å². The van der Waals surface area contributed by atoms with Gasteiger partial charge in [0.1, 0.15) is 0 Å². The lowest BCUT2D eigenvalue weighted by atomic mass is 9.90. The molecule has 1 aromatic rings. The van der Waals surface area contributed by atoms with Crippen molar-refractivity contribution >= 4 is 5.91 Å². The predicted octanol–water partition coefficient (Wildman–Crippen LogP) is 1.80. The number of piperidine rings is 1. The van der Waals surface area contributed by atoms with Crippen LogP contribution in [0, 0.1) is 6.92 Å². The number of hydrogen-bond donors (Lipinski definition) is 1. The normalized spacial score (nSPS) is 19.4. The third-order valence-corrected chi connectivity index (χ3v) is 3.81. The maximum Gasteiger partial charge on any atom is 0.289 e. The van der Waals surface area contributed by atoms with Crippen LogP contribution < -0.4 is 5.32 Å². The molecule has 0 spiro atoms. The quantitative estimate of drug-likeness (QED) is 0.851. The minimum absolute atomic E-state index is 0.0191. The Morgan fingerprint density at radius 2 is 2.12 bits per heavy atom. The average molecular weight is 236 g/mol. The molecule has 1 saturated heterocycles. The molecule has 1 aromatic heterocycles. The van der Waals surface area contributed by atoms with Crippen LogP contribution in [0.25, 0.3) is 0 Å². The van der Waals surface area contributed by atoms with Gasteiger partial charge >= 0.3 is 0 Å². The summed E-state index contributed by atoms with van der Waals surface area (Å²) >= 11 is 0. The second-order valence-corrected chi connectivity index (χ2v) is 5.04. The van der Waals surface area contributed by atoms with Crippen molar-refractivity contribution in [3.8, 4) is 0 Å². The second kappa shape index (κ2) is 4.53. The molecule has 0 unspecified atom stereocenters. The van der Waals surface area contributed by atoms with E-state index in [1.807, 2.05) is 24.9 Å². The molecule has 2 heterocycles. The molecule has 94 valence electrons. The van der Waals surface area contributed by atoms with Crippen LogP contribution in [-0.4, -0.2) is 36.5 Å². The number of amides is 1. The third-order valence-electron chi connectivity index (χ3n) is 3.81. The van der Waals surface area contributed by atoms with Gasteiger partial charge in [-0.05, 0) is 39.8 Å². The Kier molecular flexibility index (Phi) is 3.24. The van der Waals surface area contributed by atoms with Gasteiger partial charge in [-0.3, -0.25) is 4.79 Å². The summed E-state index contributed by atoms with van der Waals surface area (Å²) in [5, 5.41) is 3.32. The van der Waals surface area contributed by atoms with E-state index in [4.69, 9.17) is 4.42 Å². The van der Waals surface area contributed by atoms with E-state index in [1.165, 1.54) is 0 Å². The smallest absolute Gasteiger partial charge is 0.289 e. The number of likely N-dealkylation sites (tertiary alicyclic amines) is 1. The van der Waals surface area contributed by atoms with Gasteiger partial charge in [-0.1, -0.05) is 0 Å². The van der Waals surface area contributed by atoms with Crippen LogP contribution in [0.2, 0.25) is 0 Å². The van der Waals surface area contributed by atoms with Crippen molar-refractivity contribution in [2.75, 3.05) is 20.1 Å². The number of hydrogen-bond acceptors (Lipinski definition) is 3. The van der Waals surface area contributed by atoms with Gasteiger partial charge in [0.25, 0.3) is 5.91 Å². The number of rotatable bonds is 2. The lowest BCUT2D eigenvalue weighted by Crippen LogP contribution is -2.51. The zero-order valence-corrected chi connectivity index (χ0v) is 10.7. The summed E-state index contributed by atoms with van der Waals surface area (Å²) in [7, 11) is 1.98. The van der Waals surface area contributed by atoms with Crippen LogP contribution in [0.15, 0.2) is 16.7 Å². The van der Waals surface area contributed by atoms with E-state index in [9.17, 15) is 4.79 Å². The molecule has 1 aliphatic rings. The van der Waals surface area contributed by atoms with Gasteiger partial charge in [-0.25, -0.2) is 0 Å². The molecule has 0 radical (unpaired) electrons. The first kappa shape index (κ1) is 12.2. The SMILES string of the molecule is CNC1(C)CCN(C(=O)c2occc2C)CC1. The molecule has 1 amide bonds. The van der Waals surface area contributed by atoms with Gasteiger partial charge in [0.15, 0.2) is 5.76 Å². The fourth-order valence-electron chi connectivity index (χ4n) is 2.19. The Hall–Kier alpha value is -1.29. The summed E-state index contributed by atoms with van der Waals surface area (Å²) in [5.41, 5.74) is 1.08. The molecule has 0 bridgehead atoms. The standard InChI is InChI=1S/C13H20N2O2/c1-10-4-9-17-11(10)12(16)15-7-5-13(2,14-3)6-8-15/h4,9,14H,5-8H2,1-3H3. The zero-order valence-electron chi connectivity index (χ0n) is 10.7. The summed E-state index contributed by atoms with van der Waals surface area (Å²) in [4.78, 5) is 14.1. The molecular weight excluding hydrogens is 216 g/mol. The number of nitrogens with one attached hydrogen (secondary N) is 1. The Bertz CT molecular complexity index is 403.